The van der Waals surface area contributed by atoms with Crippen LogP contribution < -0.4 is 4.72 Å². The van der Waals surface area contributed by atoms with E-state index in [4.69, 9.17) is 11.6 Å². The Hall–Kier alpha value is -1.67. The number of rotatable bonds is 7. The number of nitrogens with zero attached hydrogens (tertiary/aromatic N) is 1. The molecule has 1 heterocycles. The number of benzene rings is 1. The Morgan fingerprint density at radius 3 is 2.46 bits per heavy atom. The highest BCUT2D eigenvalue weighted by Gasteiger charge is 2.17. The molecule has 1 aromatic heterocycles. The number of sulfonamides is 1. The van der Waals surface area contributed by atoms with Crippen molar-refractivity contribution in [1.29, 1.82) is 0 Å². The number of amides is 1. The predicted octanol–water partition coefficient (Wildman–Crippen LogP) is 3.14. The van der Waals surface area contributed by atoms with E-state index < -0.39 is 10.0 Å². The Kier molecular flexibility index (Phi) is 6.17. The van der Waals surface area contributed by atoms with Gasteiger partial charge in [-0.1, -0.05) is 17.7 Å². The largest absolute Gasteiger partial charge is 0.330 e. The van der Waals surface area contributed by atoms with Gasteiger partial charge in [0.25, 0.3) is 5.91 Å². The standard InChI is InChI=1S/C16H17ClN2O3S2/c1-3-10-19(11-13-6-9-15(17)23-13)16(20)12-4-7-14(8-5-12)24(21,22)18-2/h3-9,18H,1,10-11H2,2H3. The van der Waals surface area contributed by atoms with Crippen molar-refractivity contribution in [3.8, 4) is 0 Å². The molecule has 0 aliphatic rings. The predicted molar refractivity (Wildman–Crippen MR) is 97.0 cm³/mol. The van der Waals surface area contributed by atoms with Gasteiger partial charge in [-0.05, 0) is 43.4 Å². The zero-order chi connectivity index (χ0) is 17.7. The van der Waals surface area contributed by atoms with E-state index in [0.29, 0.717) is 23.0 Å². The Morgan fingerprint density at radius 2 is 1.96 bits per heavy atom. The Bertz CT molecular complexity index is 829. The summed E-state index contributed by atoms with van der Waals surface area (Å²) < 4.78 is 26.4. The number of thiophene rings is 1. The topological polar surface area (TPSA) is 66.5 Å². The van der Waals surface area contributed by atoms with Gasteiger partial charge in [0.1, 0.15) is 0 Å². The van der Waals surface area contributed by atoms with Crippen LogP contribution in [-0.4, -0.2) is 32.8 Å². The fourth-order valence-corrected chi connectivity index (χ4v) is 3.91. The molecule has 0 bridgehead atoms. The van der Waals surface area contributed by atoms with Crippen molar-refractivity contribution in [1.82, 2.24) is 9.62 Å². The molecular formula is C16H17ClN2O3S2. The van der Waals surface area contributed by atoms with Crippen molar-refractivity contribution in [2.24, 2.45) is 0 Å². The number of halogens is 1. The van der Waals surface area contributed by atoms with Gasteiger partial charge >= 0.3 is 0 Å². The zero-order valence-corrected chi connectivity index (χ0v) is 15.4. The second-order valence-corrected chi connectivity index (χ2v) is 8.60. The van der Waals surface area contributed by atoms with Gasteiger partial charge in [-0.3, -0.25) is 4.79 Å². The lowest BCUT2D eigenvalue weighted by Crippen LogP contribution is -2.30. The first-order valence-corrected chi connectivity index (χ1v) is 9.73. The van der Waals surface area contributed by atoms with Crippen molar-refractivity contribution in [2.75, 3.05) is 13.6 Å². The van der Waals surface area contributed by atoms with E-state index in [1.54, 1.807) is 17.0 Å². The molecule has 1 aromatic carbocycles. The fourth-order valence-electron chi connectivity index (χ4n) is 2.08. The van der Waals surface area contributed by atoms with Crippen LogP contribution in [0.5, 0.6) is 0 Å². The number of carbonyl (C=O) groups is 1. The summed E-state index contributed by atoms with van der Waals surface area (Å²) in [7, 11) is -2.18. The summed E-state index contributed by atoms with van der Waals surface area (Å²) in [6.45, 7) is 4.47. The molecule has 0 aliphatic carbocycles. The van der Waals surface area contributed by atoms with Gasteiger partial charge in [-0.25, -0.2) is 13.1 Å². The lowest BCUT2D eigenvalue weighted by Gasteiger charge is -2.20. The van der Waals surface area contributed by atoms with Gasteiger partial charge < -0.3 is 4.90 Å². The molecule has 24 heavy (non-hydrogen) atoms. The van der Waals surface area contributed by atoms with Crippen molar-refractivity contribution in [3.05, 3.63) is 63.8 Å². The highest BCUT2D eigenvalue weighted by molar-refractivity contribution is 7.89. The molecule has 2 rings (SSSR count). The van der Waals surface area contributed by atoms with Gasteiger partial charge in [0.2, 0.25) is 10.0 Å². The molecule has 1 N–H and O–H groups in total. The van der Waals surface area contributed by atoms with Gasteiger partial charge in [-0.2, -0.15) is 0 Å². The smallest absolute Gasteiger partial charge is 0.254 e. The van der Waals surface area contributed by atoms with E-state index in [9.17, 15) is 13.2 Å². The first-order chi connectivity index (χ1) is 11.4. The van der Waals surface area contributed by atoms with Gasteiger partial charge in [0.05, 0.1) is 15.8 Å². The lowest BCUT2D eigenvalue weighted by molar-refractivity contribution is 0.0764. The summed E-state index contributed by atoms with van der Waals surface area (Å²) in [5.41, 5.74) is 0.412. The molecule has 2 aromatic rings. The molecule has 0 aliphatic heterocycles. The maximum Gasteiger partial charge on any atom is 0.254 e. The van der Waals surface area contributed by atoms with Crippen LogP contribution in [0.1, 0.15) is 15.2 Å². The van der Waals surface area contributed by atoms with Crippen LogP contribution in [-0.2, 0) is 16.6 Å². The SMILES string of the molecule is C=CCN(Cc1ccc(Cl)s1)C(=O)c1ccc(S(=O)(=O)NC)cc1. The number of nitrogens with one attached hydrogen (secondary N) is 1. The first kappa shape index (κ1) is 18.7. The van der Waals surface area contributed by atoms with Gasteiger partial charge in [0.15, 0.2) is 0 Å². The van der Waals surface area contributed by atoms with Crippen molar-refractivity contribution in [2.45, 2.75) is 11.4 Å². The minimum Gasteiger partial charge on any atom is -0.330 e. The van der Waals surface area contributed by atoms with E-state index in [-0.39, 0.29) is 10.8 Å². The quantitative estimate of drug-likeness (QED) is 0.746. The molecule has 0 saturated heterocycles. The summed E-state index contributed by atoms with van der Waals surface area (Å²) >= 11 is 7.34. The van der Waals surface area contributed by atoms with Gasteiger partial charge in [-0.15, -0.1) is 17.9 Å². The minimum atomic E-state index is -3.52. The zero-order valence-electron chi connectivity index (χ0n) is 13.0. The van der Waals surface area contributed by atoms with Crippen LogP contribution >= 0.6 is 22.9 Å². The van der Waals surface area contributed by atoms with Crippen LogP contribution in [0.15, 0.2) is 53.9 Å². The molecule has 8 heteroatoms. The first-order valence-electron chi connectivity index (χ1n) is 7.05. The molecule has 0 unspecified atom stereocenters. The van der Waals surface area contributed by atoms with E-state index in [0.717, 1.165) is 4.88 Å². The monoisotopic (exact) mass is 384 g/mol. The summed E-state index contributed by atoms with van der Waals surface area (Å²) in [5.74, 6) is -0.201. The summed E-state index contributed by atoms with van der Waals surface area (Å²) in [4.78, 5) is 15.4. The second kappa shape index (κ2) is 7.94. The number of hydrogen-bond acceptors (Lipinski definition) is 4. The van der Waals surface area contributed by atoms with Crippen LogP contribution in [0.25, 0.3) is 0 Å². The molecule has 128 valence electrons. The molecule has 1 amide bonds. The summed E-state index contributed by atoms with van der Waals surface area (Å²) in [5, 5.41) is 0. The van der Waals surface area contributed by atoms with E-state index in [1.165, 1.54) is 42.6 Å². The summed E-state index contributed by atoms with van der Waals surface area (Å²) in [6, 6.07) is 9.49. The fraction of sp³-hybridized carbons (Fsp3) is 0.188. The van der Waals surface area contributed by atoms with Crippen LogP contribution in [0.2, 0.25) is 4.34 Å². The number of hydrogen-bond donors (Lipinski definition) is 1. The normalized spacial score (nSPS) is 11.2. The Balaban J connectivity index is 2.21. The Labute approximate surface area is 150 Å². The summed E-state index contributed by atoms with van der Waals surface area (Å²) in [6.07, 6.45) is 1.65. The third-order valence-corrected chi connectivity index (χ3v) is 5.94. The van der Waals surface area contributed by atoms with E-state index in [2.05, 4.69) is 11.3 Å². The second-order valence-electron chi connectivity index (χ2n) is 4.91. The van der Waals surface area contributed by atoms with Crippen molar-refractivity contribution >= 4 is 38.9 Å². The molecule has 5 nitrogen and oxygen atoms in total. The molecular weight excluding hydrogens is 368 g/mol. The maximum absolute atomic E-state index is 12.7. The van der Waals surface area contributed by atoms with E-state index in [1.807, 2.05) is 6.07 Å². The lowest BCUT2D eigenvalue weighted by atomic mass is 10.2. The van der Waals surface area contributed by atoms with Crippen molar-refractivity contribution < 1.29 is 13.2 Å². The molecule has 0 fully saturated rings. The van der Waals surface area contributed by atoms with Crippen LogP contribution in [0, 0.1) is 0 Å². The average molecular weight is 385 g/mol. The average Bonchev–Trinajstić information content (AvgIpc) is 2.99. The highest BCUT2D eigenvalue weighted by Crippen LogP contribution is 2.23. The van der Waals surface area contributed by atoms with Crippen molar-refractivity contribution in [3.63, 3.8) is 0 Å². The Morgan fingerprint density at radius 1 is 1.29 bits per heavy atom. The molecule has 0 spiro atoms. The highest BCUT2D eigenvalue weighted by atomic mass is 35.5. The maximum atomic E-state index is 12.7. The third kappa shape index (κ3) is 4.45. The molecule has 0 saturated carbocycles. The molecule has 0 radical (unpaired) electrons. The number of carbonyl (C=O) groups excluding carboxylic acids is 1. The molecule has 0 atom stereocenters. The van der Waals surface area contributed by atoms with Crippen LogP contribution in [0.3, 0.4) is 0 Å². The van der Waals surface area contributed by atoms with Crippen LogP contribution in [0.4, 0.5) is 0 Å². The minimum absolute atomic E-state index is 0.113. The van der Waals surface area contributed by atoms with Gasteiger partial charge in [0, 0.05) is 17.0 Å². The third-order valence-electron chi connectivity index (χ3n) is 3.29. The van der Waals surface area contributed by atoms with E-state index >= 15 is 0 Å².